The highest BCUT2D eigenvalue weighted by Gasteiger charge is 2.39. The standard InChI is InChI=1S/C19H19NO3S/c1-12(19(22)23)24-17-10-6-5-9-14(17)18(21)20-16-11-15(16)13-7-3-2-4-8-13/h2-10,12,15-16H,11H2,1H3,(H,20,21)(H,22,23). The lowest BCUT2D eigenvalue weighted by molar-refractivity contribution is -0.136. The molecule has 2 N–H and O–H groups in total. The Kier molecular flexibility index (Phi) is 4.90. The normalized spacial score (nSPS) is 20.2. The van der Waals surface area contributed by atoms with Gasteiger partial charge in [0.2, 0.25) is 0 Å². The monoisotopic (exact) mass is 341 g/mol. The van der Waals surface area contributed by atoms with E-state index in [0.717, 1.165) is 6.42 Å². The van der Waals surface area contributed by atoms with Gasteiger partial charge < -0.3 is 10.4 Å². The first-order valence-corrected chi connectivity index (χ1v) is 8.78. The molecular weight excluding hydrogens is 322 g/mol. The van der Waals surface area contributed by atoms with Gasteiger partial charge in [0.25, 0.3) is 5.91 Å². The van der Waals surface area contributed by atoms with Crippen LogP contribution in [-0.4, -0.2) is 28.3 Å². The number of hydrogen-bond donors (Lipinski definition) is 2. The highest BCUT2D eigenvalue weighted by Crippen LogP contribution is 2.41. The molecule has 1 saturated carbocycles. The van der Waals surface area contributed by atoms with Crippen LogP contribution in [0.4, 0.5) is 0 Å². The maximum Gasteiger partial charge on any atom is 0.316 e. The molecule has 0 heterocycles. The number of aliphatic carboxylic acids is 1. The lowest BCUT2D eigenvalue weighted by Crippen LogP contribution is -2.27. The Morgan fingerprint density at radius 3 is 2.50 bits per heavy atom. The summed E-state index contributed by atoms with van der Waals surface area (Å²) in [7, 11) is 0. The molecule has 124 valence electrons. The van der Waals surface area contributed by atoms with Crippen LogP contribution in [0.2, 0.25) is 0 Å². The van der Waals surface area contributed by atoms with E-state index in [0.29, 0.717) is 16.4 Å². The van der Waals surface area contributed by atoms with Crippen molar-refractivity contribution in [1.29, 1.82) is 0 Å². The molecule has 3 atom stereocenters. The molecule has 0 aliphatic heterocycles. The maximum absolute atomic E-state index is 12.6. The molecule has 0 saturated heterocycles. The van der Waals surface area contributed by atoms with Gasteiger partial charge in [0.05, 0.1) is 5.56 Å². The summed E-state index contributed by atoms with van der Waals surface area (Å²) in [6.07, 6.45) is 0.941. The van der Waals surface area contributed by atoms with E-state index in [9.17, 15) is 9.59 Å². The first-order chi connectivity index (χ1) is 11.6. The van der Waals surface area contributed by atoms with Crippen molar-refractivity contribution < 1.29 is 14.7 Å². The van der Waals surface area contributed by atoms with E-state index in [1.807, 2.05) is 24.3 Å². The van der Waals surface area contributed by atoms with Crippen molar-refractivity contribution in [2.24, 2.45) is 0 Å². The van der Waals surface area contributed by atoms with E-state index in [4.69, 9.17) is 5.11 Å². The summed E-state index contributed by atoms with van der Waals surface area (Å²) in [5, 5.41) is 11.5. The number of carboxylic acid groups (broad SMARTS) is 1. The van der Waals surface area contributed by atoms with Crippen molar-refractivity contribution in [3.8, 4) is 0 Å². The molecule has 0 radical (unpaired) electrons. The van der Waals surface area contributed by atoms with Crippen LogP contribution in [0.1, 0.15) is 35.2 Å². The zero-order valence-electron chi connectivity index (χ0n) is 13.3. The molecule has 0 bridgehead atoms. The molecule has 4 nitrogen and oxygen atoms in total. The first-order valence-electron chi connectivity index (χ1n) is 7.90. The second-order valence-electron chi connectivity index (χ2n) is 5.93. The molecule has 1 fully saturated rings. The Bertz CT molecular complexity index is 747. The summed E-state index contributed by atoms with van der Waals surface area (Å²) in [4.78, 5) is 24.3. The number of carboxylic acids is 1. The Morgan fingerprint density at radius 2 is 1.79 bits per heavy atom. The average molecular weight is 341 g/mol. The second kappa shape index (κ2) is 7.09. The molecule has 2 aromatic carbocycles. The van der Waals surface area contributed by atoms with Crippen LogP contribution in [0.3, 0.4) is 0 Å². The van der Waals surface area contributed by atoms with Gasteiger partial charge in [-0.2, -0.15) is 0 Å². The van der Waals surface area contributed by atoms with E-state index in [-0.39, 0.29) is 11.9 Å². The third-order valence-electron chi connectivity index (χ3n) is 4.12. The van der Waals surface area contributed by atoms with E-state index >= 15 is 0 Å². The molecule has 24 heavy (non-hydrogen) atoms. The van der Waals surface area contributed by atoms with Gasteiger partial charge in [-0.15, -0.1) is 11.8 Å². The molecule has 5 heteroatoms. The molecule has 1 aliphatic carbocycles. The number of nitrogens with one attached hydrogen (secondary N) is 1. The van der Waals surface area contributed by atoms with Crippen LogP contribution >= 0.6 is 11.8 Å². The molecule has 3 rings (SSSR count). The number of hydrogen-bond acceptors (Lipinski definition) is 3. The van der Waals surface area contributed by atoms with Gasteiger partial charge in [-0.05, 0) is 31.0 Å². The molecule has 1 amide bonds. The molecule has 2 aromatic rings. The predicted octanol–water partition coefficient (Wildman–Crippen LogP) is 3.54. The molecular formula is C19H19NO3S. The fraction of sp³-hybridized carbons (Fsp3) is 0.263. The van der Waals surface area contributed by atoms with Crippen molar-refractivity contribution >= 4 is 23.6 Å². The van der Waals surface area contributed by atoms with Crippen molar-refractivity contribution in [3.05, 3.63) is 65.7 Å². The third kappa shape index (κ3) is 3.79. The largest absolute Gasteiger partial charge is 0.480 e. The van der Waals surface area contributed by atoms with Gasteiger partial charge in [-0.25, -0.2) is 0 Å². The average Bonchev–Trinajstić information content (AvgIpc) is 3.35. The van der Waals surface area contributed by atoms with Gasteiger partial charge in [0.15, 0.2) is 0 Å². The summed E-state index contributed by atoms with van der Waals surface area (Å²) >= 11 is 1.19. The minimum Gasteiger partial charge on any atom is -0.480 e. The number of thioether (sulfide) groups is 1. The van der Waals surface area contributed by atoms with Gasteiger partial charge in [-0.3, -0.25) is 9.59 Å². The zero-order chi connectivity index (χ0) is 17.1. The van der Waals surface area contributed by atoms with E-state index < -0.39 is 11.2 Å². The Morgan fingerprint density at radius 1 is 1.12 bits per heavy atom. The van der Waals surface area contributed by atoms with Crippen LogP contribution in [-0.2, 0) is 4.79 Å². The van der Waals surface area contributed by atoms with E-state index in [1.165, 1.54) is 17.3 Å². The lowest BCUT2D eigenvalue weighted by atomic mass is 10.1. The fourth-order valence-corrected chi connectivity index (χ4v) is 3.59. The SMILES string of the molecule is CC(Sc1ccccc1C(=O)NC1CC1c1ccccc1)C(=O)O. The molecule has 0 aromatic heterocycles. The predicted molar refractivity (Wildman–Crippen MR) is 94.5 cm³/mol. The summed E-state index contributed by atoms with van der Waals surface area (Å²) in [5.41, 5.74) is 1.78. The fourth-order valence-electron chi connectivity index (χ4n) is 2.67. The summed E-state index contributed by atoms with van der Waals surface area (Å²) in [5.74, 6) is -0.659. The van der Waals surface area contributed by atoms with E-state index in [2.05, 4.69) is 17.4 Å². The number of carbonyl (C=O) groups excluding carboxylic acids is 1. The maximum atomic E-state index is 12.6. The second-order valence-corrected chi connectivity index (χ2v) is 7.31. The van der Waals surface area contributed by atoms with Gasteiger partial charge in [0.1, 0.15) is 5.25 Å². The Balaban J connectivity index is 1.67. The highest BCUT2D eigenvalue weighted by atomic mass is 32.2. The molecule has 3 unspecified atom stereocenters. The topological polar surface area (TPSA) is 66.4 Å². The first kappa shape index (κ1) is 16.6. The zero-order valence-corrected chi connectivity index (χ0v) is 14.1. The summed E-state index contributed by atoms with van der Waals surface area (Å²) < 4.78 is 0. The van der Waals surface area contributed by atoms with Crippen molar-refractivity contribution in [3.63, 3.8) is 0 Å². The Labute approximate surface area is 145 Å². The van der Waals surface area contributed by atoms with Crippen LogP contribution in [0.15, 0.2) is 59.5 Å². The van der Waals surface area contributed by atoms with Crippen molar-refractivity contribution in [1.82, 2.24) is 5.32 Å². The van der Waals surface area contributed by atoms with Crippen LogP contribution in [0.25, 0.3) is 0 Å². The van der Waals surface area contributed by atoms with Crippen molar-refractivity contribution in [2.45, 2.75) is 35.4 Å². The number of carbonyl (C=O) groups is 2. The summed E-state index contributed by atoms with van der Waals surface area (Å²) in [6.45, 7) is 1.62. The molecule has 0 spiro atoms. The highest BCUT2D eigenvalue weighted by molar-refractivity contribution is 8.00. The van der Waals surface area contributed by atoms with Gasteiger partial charge in [-0.1, -0.05) is 42.5 Å². The van der Waals surface area contributed by atoms with Crippen LogP contribution in [0.5, 0.6) is 0 Å². The summed E-state index contributed by atoms with van der Waals surface area (Å²) in [6, 6.07) is 17.4. The van der Waals surface area contributed by atoms with Gasteiger partial charge >= 0.3 is 5.97 Å². The minimum atomic E-state index is -0.887. The van der Waals surface area contributed by atoms with Crippen LogP contribution in [0, 0.1) is 0 Å². The van der Waals surface area contributed by atoms with Crippen molar-refractivity contribution in [2.75, 3.05) is 0 Å². The number of benzene rings is 2. The smallest absolute Gasteiger partial charge is 0.316 e. The Hall–Kier alpha value is -2.27. The number of amides is 1. The van der Waals surface area contributed by atoms with E-state index in [1.54, 1.807) is 25.1 Å². The van der Waals surface area contributed by atoms with Gasteiger partial charge in [0, 0.05) is 16.9 Å². The quantitative estimate of drug-likeness (QED) is 0.789. The lowest BCUT2D eigenvalue weighted by Gasteiger charge is -2.12. The third-order valence-corrected chi connectivity index (χ3v) is 5.28. The minimum absolute atomic E-state index is 0.140. The van der Waals surface area contributed by atoms with Crippen LogP contribution < -0.4 is 5.32 Å². The molecule has 1 aliphatic rings. The number of rotatable bonds is 6.